The van der Waals surface area contributed by atoms with Crippen LogP contribution in [0.1, 0.15) is 36.1 Å². The number of allylic oxidation sites excluding steroid dienone is 1. The lowest BCUT2D eigenvalue weighted by Crippen LogP contribution is -2.41. The zero-order valence-corrected chi connectivity index (χ0v) is 17.2. The van der Waals surface area contributed by atoms with Gasteiger partial charge in [0, 0.05) is 12.2 Å². The summed E-state index contributed by atoms with van der Waals surface area (Å²) >= 11 is 0. The number of aryl methyl sites for hydroxylation is 2. The molecule has 1 amide bonds. The third-order valence-corrected chi connectivity index (χ3v) is 5.00. The Hall–Kier alpha value is -2.56. The molecule has 0 aliphatic heterocycles. The second-order valence-electron chi connectivity index (χ2n) is 7.38. The van der Waals surface area contributed by atoms with Crippen LogP contribution in [0.25, 0.3) is 11.1 Å². The molecule has 0 N–H and O–H groups in total. The minimum Gasteiger partial charge on any atom is -0.301 e. The Labute approximate surface area is 164 Å². The van der Waals surface area contributed by atoms with Crippen molar-refractivity contribution in [3.63, 3.8) is 0 Å². The molecule has 0 aliphatic carbocycles. The minimum absolute atomic E-state index is 0.123. The van der Waals surface area contributed by atoms with Gasteiger partial charge in [0.15, 0.2) is 0 Å². The zero-order chi connectivity index (χ0) is 21.2. The Morgan fingerprint density at radius 2 is 1.46 bits per heavy atom. The molecule has 0 bridgehead atoms. The topological polar surface area (TPSA) is 20.3 Å². The third-order valence-electron chi connectivity index (χ3n) is 5.00. The SMILES string of the molecule is CC(C)=CCN(C(=O)C(F)(F)F)c1ccc(-c2c(C)c(C)cc(C)c2C)cc1. The van der Waals surface area contributed by atoms with Gasteiger partial charge >= 0.3 is 12.1 Å². The van der Waals surface area contributed by atoms with Crippen LogP contribution >= 0.6 is 0 Å². The van der Waals surface area contributed by atoms with Crippen molar-refractivity contribution < 1.29 is 18.0 Å². The van der Waals surface area contributed by atoms with Crippen LogP contribution in [0, 0.1) is 27.7 Å². The van der Waals surface area contributed by atoms with E-state index in [2.05, 4.69) is 6.07 Å². The predicted octanol–water partition coefficient (Wildman–Crippen LogP) is 6.45. The highest BCUT2D eigenvalue weighted by molar-refractivity contribution is 5.97. The van der Waals surface area contributed by atoms with Gasteiger partial charge < -0.3 is 4.90 Å². The average Bonchev–Trinajstić information content (AvgIpc) is 2.60. The highest BCUT2D eigenvalue weighted by atomic mass is 19.4. The van der Waals surface area contributed by atoms with Crippen molar-refractivity contribution in [2.24, 2.45) is 0 Å². The fraction of sp³-hybridized carbons (Fsp3) is 0.348. The van der Waals surface area contributed by atoms with Gasteiger partial charge in [-0.2, -0.15) is 13.2 Å². The molecule has 150 valence electrons. The quantitative estimate of drug-likeness (QED) is 0.550. The van der Waals surface area contributed by atoms with Crippen LogP contribution in [0.2, 0.25) is 0 Å². The molecule has 2 aromatic rings. The number of amides is 1. The Morgan fingerprint density at radius 3 is 1.89 bits per heavy atom. The number of hydrogen-bond acceptors (Lipinski definition) is 1. The van der Waals surface area contributed by atoms with Crippen LogP contribution in [0.3, 0.4) is 0 Å². The summed E-state index contributed by atoms with van der Waals surface area (Å²) in [5.74, 6) is -1.86. The smallest absolute Gasteiger partial charge is 0.301 e. The normalized spacial score (nSPS) is 11.3. The van der Waals surface area contributed by atoms with Crippen LogP contribution in [-0.2, 0) is 4.79 Å². The zero-order valence-electron chi connectivity index (χ0n) is 17.2. The molecule has 5 heteroatoms. The summed E-state index contributed by atoms with van der Waals surface area (Å²) in [7, 11) is 0. The van der Waals surface area contributed by atoms with E-state index < -0.39 is 12.1 Å². The molecular weight excluding hydrogens is 363 g/mol. The molecule has 0 saturated carbocycles. The molecule has 0 unspecified atom stereocenters. The number of anilines is 1. The van der Waals surface area contributed by atoms with Gasteiger partial charge in [0.25, 0.3) is 0 Å². The predicted molar refractivity (Wildman–Crippen MR) is 109 cm³/mol. The van der Waals surface area contributed by atoms with Crippen molar-refractivity contribution >= 4 is 11.6 Å². The van der Waals surface area contributed by atoms with Gasteiger partial charge in [0.1, 0.15) is 0 Å². The highest BCUT2D eigenvalue weighted by Gasteiger charge is 2.42. The first-order valence-corrected chi connectivity index (χ1v) is 9.13. The van der Waals surface area contributed by atoms with E-state index in [9.17, 15) is 18.0 Å². The van der Waals surface area contributed by atoms with Crippen LogP contribution in [0.15, 0.2) is 42.0 Å². The first-order valence-electron chi connectivity index (χ1n) is 9.13. The largest absolute Gasteiger partial charge is 0.471 e. The van der Waals surface area contributed by atoms with Gasteiger partial charge in [-0.15, -0.1) is 0 Å². The van der Waals surface area contributed by atoms with Crippen molar-refractivity contribution in [2.45, 2.75) is 47.7 Å². The molecule has 0 atom stereocenters. The van der Waals surface area contributed by atoms with Gasteiger partial charge in [-0.1, -0.05) is 29.8 Å². The van der Waals surface area contributed by atoms with Gasteiger partial charge in [0.05, 0.1) is 0 Å². The van der Waals surface area contributed by atoms with Crippen molar-refractivity contribution in [3.05, 3.63) is 64.2 Å². The molecule has 0 heterocycles. The van der Waals surface area contributed by atoms with Gasteiger partial charge in [-0.3, -0.25) is 4.79 Å². The molecule has 0 saturated heterocycles. The summed E-state index contributed by atoms with van der Waals surface area (Å²) in [6.45, 7) is 11.6. The van der Waals surface area contributed by atoms with E-state index in [1.165, 1.54) is 11.1 Å². The highest BCUT2D eigenvalue weighted by Crippen LogP contribution is 2.33. The van der Waals surface area contributed by atoms with Gasteiger partial charge in [0.2, 0.25) is 0 Å². The lowest BCUT2D eigenvalue weighted by atomic mass is 9.89. The van der Waals surface area contributed by atoms with Crippen LogP contribution in [0.4, 0.5) is 18.9 Å². The number of nitrogens with zero attached hydrogens (tertiary/aromatic N) is 1. The lowest BCUT2D eigenvalue weighted by molar-refractivity contribution is -0.170. The lowest BCUT2D eigenvalue weighted by Gasteiger charge is -2.23. The summed E-state index contributed by atoms with van der Waals surface area (Å²) in [6, 6.07) is 8.85. The molecule has 2 aromatic carbocycles. The maximum absolute atomic E-state index is 13.0. The second kappa shape index (κ2) is 8.21. The van der Waals surface area contributed by atoms with E-state index in [0.29, 0.717) is 0 Å². The van der Waals surface area contributed by atoms with E-state index in [1.807, 2.05) is 27.7 Å². The maximum Gasteiger partial charge on any atom is 0.471 e. The number of rotatable bonds is 4. The molecule has 0 radical (unpaired) electrons. The van der Waals surface area contributed by atoms with Crippen LogP contribution in [-0.4, -0.2) is 18.6 Å². The first kappa shape index (κ1) is 21.7. The van der Waals surface area contributed by atoms with Gasteiger partial charge in [-0.05, 0) is 87.1 Å². The molecule has 0 fully saturated rings. The number of halogens is 3. The fourth-order valence-corrected chi connectivity index (χ4v) is 3.19. The monoisotopic (exact) mass is 389 g/mol. The molecule has 0 spiro atoms. The van der Waals surface area contributed by atoms with Crippen LogP contribution in [0.5, 0.6) is 0 Å². The Bertz CT molecular complexity index is 879. The van der Waals surface area contributed by atoms with Crippen molar-refractivity contribution in [1.82, 2.24) is 0 Å². The number of hydrogen-bond donors (Lipinski definition) is 0. The minimum atomic E-state index is -4.92. The fourth-order valence-electron chi connectivity index (χ4n) is 3.19. The van der Waals surface area contributed by atoms with E-state index in [4.69, 9.17) is 0 Å². The van der Waals surface area contributed by atoms with Crippen molar-refractivity contribution in [3.8, 4) is 11.1 Å². The van der Waals surface area contributed by atoms with Crippen molar-refractivity contribution in [1.29, 1.82) is 0 Å². The summed E-state index contributed by atoms with van der Waals surface area (Å²) in [4.78, 5) is 12.7. The standard InChI is InChI=1S/C23H26F3NO/c1-14(2)11-12-27(22(28)23(24,25)26)20-9-7-19(8-10-20)21-17(5)15(3)13-16(4)18(21)6/h7-11,13H,12H2,1-6H3. The average molecular weight is 389 g/mol. The van der Waals surface area contributed by atoms with E-state index in [-0.39, 0.29) is 12.2 Å². The van der Waals surface area contributed by atoms with Crippen molar-refractivity contribution in [2.75, 3.05) is 11.4 Å². The summed E-state index contributed by atoms with van der Waals surface area (Å²) in [5.41, 5.74) is 7.70. The Balaban J connectivity index is 2.49. The molecule has 0 aliphatic rings. The molecule has 2 nitrogen and oxygen atoms in total. The van der Waals surface area contributed by atoms with Gasteiger partial charge in [-0.25, -0.2) is 0 Å². The number of alkyl halides is 3. The molecule has 2 rings (SSSR count). The molecular formula is C23H26F3NO. The summed E-state index contributed by atoms with van der Waals surface area (Å²) in [6.07, 6.45) is -3.31. The Kier molecular flexibility index (Phi) is 6.37. The summed E-state index contributed by atoms with van der Waals surface area (Å²) < 4.78 is 39.1. The second-order valence-corrected chi connectivity index (χ2v) is 7.38. The number of benzene rings is 2. The number of carbonyl (C=O) groups excluding carboxylic acids is 1. The van der Waals surface area contributed by atoms with E-state index in [0.717, 1.165) is 32.7 Å². The molecule has 0 aromatic heterocycles. The molecule has 28 heavy (non-hydrogen) atoms. The third kappa shape index (κ3) is 4.64. The van der Waals surface area contributed by atoms with Crippen LogP contribution < -0.4 is 4.90 Å². The number of carbonyl (C=O) groups is 1. The first-order chi connectivity index (χ1) is 12.9. The van der Waals surface area contributed by atoms with E-state index in [1.54, 1.807) is 44.2 Å². The maximum atomic E-state index is 13.0. The van der Waals surface area contributed by atoms with E-state index >= 15 is 0 Å². The summed E-state index contributed by atoms with van der Waals surface area (Å²) in [5, 5.41) is 0. The Morgan fingerprint density at radius 1 is 0.964 bits per heavy atom.